The molecule has 7 N–H and O–H groups in total. The van der Waals surface area contributed by atoms with Crippen molar-refractivity contribution in [1.82, 2.24) is 0 Å². The molecule has 11 heteroatoms. The van der Waals surface area contributed by atoms with Crippen molar-refractivity contribution in [3.05, 3.63) is 11.6 Å². The van der Waals surface area contributed by atoms with Crippen LogP contribution in [0, 0.1) is 40.4 Å². The highest BCUT2D eigenvalue weighted by atomic mass is 16.8. The number of aliphatic hydroxyl groups excluding tert-OH is 6. The zero-order valence-corrected chi connectivity index (χ0v) is 28.3. The Morgan fingerprint density at radius 3 is 2.35 bits per heavy atom. The van der Waals surface area contributed by atoms with Crippen LogP contribution in [-0.4, -0.2) is 116 Å². The second-order valence-corrected chi connectivity index (χ2v) is 16.4. The lowest BCUT2D eigenvalue weighted by Gasteiger charge is -2.60. The maximum Gasteiger partial charge on any atom is 0.192 e. The van der Waals surface area contributed by atoms with Crippen LogP contribution < -0.4 is 0 Å². The number of fused-ring (bicyclic) bond motifs is 5. The Balaban J connectivity index is 1.23. The minimum absolute atomic E-state index is 0.0574. The van der Waals surface area contributed by atoms with Gasteiger partial charge < -0.3 is 54.7 Å². The summed E-state index contributed by atoms with van der Waals surface area (Å²) in [6, 6.07) is 0. The zero-order chi connectivity index (χ0) is 33.6. The fourth-order valence-corrected chi connectivity index (χ4v) is 11.1. The van der Waals surface area contributed by atoms with Crippen molar-refractivity contribution in [2.45, 2.75) is 152 Å². The molecule has 0 spiro atoms. The molecule has 264 valence electrons. The van der Waals surface area contributed by atoms with Crippen LogP contribution in [-0.2, 0) is 18.9 Å². The van der Waals surface area contributed by atoms with E-state index < -0.39 is 67.0 Å². The first-order chi connectivity index (χ1) is 21.5. The summed E-state index contributed by atoms with van der Waals surface area (Å²) in [5, 5.41) is 74.5. The van der Waals surface area contributed by atoms with Gasteiger partial charge in [0.05, 0.1) is 24.9 Å². The van der Waals surface area contributed by atoms with E-state index in [2.05, 4.69) is 26.8 Å². The Labute approximate surface area is 272 Å². The van der Waals surface area contributed by atoms with Gasteiger partial charge in [-0.15, -0.1) is 0 Å². The van der Waals surface area contributed by atoms with Crippen LogP contribution in [0.15, 0.2) is 11.6 Å². The van der Waals surface area contributed by atoms with Gasteiger partial charge in [0.2, 0.25) is 0 Å². The summed E-state index contributed by atoms with van der Waals surface area (Å²) in [6.07, 6.45) is -1.05. The van der Waals surface area contributed by atoms with E-state index in [0.29, 0.717) is 42.9 Å². The molecule has 2 aliphatic heterocycles. The fourth-order valence-electron chi connectivity index (χ4n) is 11.1. The van der Waals surface area contributed by atoms with Crippen LogP contribution in [0.4, 0.5) is 0 Å². The second-order valence-electron chi connectivity index (χ2n) is 16.4. The van der Waals surface area contributed by atoms with Gasteiger partial charge in [0.15, 0.2) is 12.6 Å². The molecule has 46 heavy (non-hydrogen) atoms. The molecule has 5 fully saturated rings. The third-order valence-electron chi connectivity index (χ3n) is 14.4. The van der Waals surface area contributed by atoms with Gasteiger partial charge in [0.25, 0.3) is 0 Å². The van der Waals surface area contributed by atoms with Gasteiger partial charge in [-0.25, -0.2) is 0 Å². The minimum atomic E-state index is -1.67. The molecule has 18 atom stereocenters. The average Bonchev–Trinajstić information content (AvgIpc) is 3.37. The number of hydrogen-bond donors (Lipinski definition) is 7. The Morgan fingerprint density at radius 2 is 1.67 bits per heavy atom. The summed E-state index contributed by atoms with van der Waals surface area (Å²) in [5.41, 5.74) is -1.76. The van der Waals surface area contributed by atoms with Gasteiger partial charge in [0, 0.05) is 25.4 Å². The third-order valence-corrected chi connectivity index (χ3v) is 14.4. The maximum absolute atomic E-state index is 11.8. The molecule has 0 aromatic heterocycles. The summed E-state index contributed by atoms with van der Waals surface area (Å²) in [4.78, 5) is 0. The molecule has 0 amide bonds. The molecule has 4 aliphatic carbocycles. The lowest BCUT2D eigenvalue weighted by Crippen LogP contribution is -2.69. The number of ether oxygens (including phenoxy) is 4. The molecule has 0 aromatic rings. The highest BCUT2D eigenvalue weighted by molar-refractivity contribution is 5.27. The van der Waals surface area contributed by atoms with Gasteiger partial charge in [-0.3, -0.25) is 0 Å². The van der Waals surface area contributed by atoms with Crippen molar-refractivity contribution in [3.8, 4) is 0 Å². The zero-order valence-electron chi connectivity index (χ0n) is 28.3. The van der Waals surface area contributed by atoms with Gasteiger partial charge in [0.1, 0.15) is 35.6 Å². The van der Waals surface area contributed by atoms with E-state index in [1.54, 1.807) is 14.0 Å². The topological polar surface area (TPSA) is 179 Å². The van der Waals surface area contributed by atoms with E-state index >= 15 is 0 Å². The molecular formula is C35H58O11. The van der Waals surface area contributed by atoms with Crippen LogP contribution in [0.1, 0.15) is 86.0 Å². The van der Waals surface area contributed by atoms with E-state index in [4.69, 9.17) is 18.9 Å². The first-order valence-corrected chi connectivity index (χ1v) is 17.5. The molecule has 0 aromatic carbocycles. The number of rotatable bonds is 6. The monoisotopic (exact) mass is 654 g/mol. The molecule has 11 nitrogen and oxygen atoms in total. The van der Waals surface area contributed by atoms with Crippen molar-refractivity contribution < 1.29 is 54.7 Å². The van der Waals surface area contributed by atoms with Crippen molar-refractivity contribution in [2.24, 2.45) is 40.4 Å². The van der Waals surface area contributed by atoms with E-state index in [-0.39, 0.29) is 22.9 Å². The lowest BCUT2D eigenvalue weighted by atomic mass is 9.46. The first kappa shape index (κ1) is 35.1. The molecule has 6 aliphatic rings. The number of methoxy groups -OCH3 is 1. The summed E-state index contributed by atoms with van der Waals surface area (Å²) in [7, 11) is 1.55. The molecule has 0 bridgehead atoms. The number of aliphatic hydroxyl groups is 7. The van der Waals surface area contributed by atoms with Crippen molar-refractivity contribution >= 4 is 0 Å². The van der Waals surface area contributed by atoms with Crippen LogP contribution in [0.3, 0.4) is 0 Å². The van der Waals surface area contributed by atoms with E-state index in [1.165, 1.54) is 5.57 Å². The molecular weight excluding hydrogens is 596 g/mol. The van der Waals surface area contributed by atoms with Crippen LogP contribution in [0.5, 0.6) is 0 Å². The molecule has 18 unspecified atom stereocenters. The van der Waals surface area contributed by atoms with Crippen LogP contribution >= 0.6 is 0 Å². The Bertz CT molecular complexity index is 1150. The van der Waals surface area contributed by atoms with Crippen LogP contribution in [0.25, 0.3) is 0 Å². The Morgan fingerprint density at radius 1 is 0.957 bits per heavy atom. The molecule has 3 saturated carbocycles. The van der Waals surface area contributed by atoms with Crippen molar-refractivity contribution in [1.29, 1.82) is 0 Å². The van der Waals surface area contributed by atoms with Crippen molar-refractivity contribution in [3.63, 3.8) is 0 Å². The van der Waals surface area contributed by atoms with Gasteiger partial charge >= 0.3 is 0 Å². The maximum atomic E-state index is 11.8. The molecule has 2 heterocycles. The highest BCUT2D eigenvalue weighted by Crippen LogP contribution is 2.67. The second kappa shape index (κ2) is 12.3. The highest BCUT2D eigenvalue weighted by Gasteiger charge is 2.64. The van der Waals surface area contributed by atoms with E-state index in [0.717, 1.165) is 32.1 Å². The molecule has 0 radical (unpaired) electrons. The molecule has 6 rings (SSSR count). The van der Waals surface area contributed by atoms with E-state index in [9.17, 15) is 35.7 Å². The van der Waals surface area contributed by atoms with Crippen molar-refractivity contribution in [2.75, 3.05) is 13.7 Å². The quantitative estimate of drug-likeness (QED) is 0.207. The summed E-state index contributed by atoms with van der Waals surface area (Å²) < 4.78 is 24.2. The normalized spacial score (nSPS) is 56.4. The lowest BCUT2D eigenvalue weighted by molar-refractivity contribution is -0.400. The molecule has 2 saturated heterocycles. The van der Waals surface area contributed by atoms with E-state index in [1.807, 2.05) is 6.92 Å². The van der Waals surface area contributed by atoms with Crippen LogP contribution in [0.2, 0.25) is 0 Å². The standard InChI is InChI=1S/C35H58O11/c1-17(21-9-10-22-20-8-7-18-13-19(37)14-26(38)34(18,4)23(20)11-12-32(21,22)2)24-15-33(3,43-6)35(5,42)31(45-24)46-30-29(41)28(40)27(39)25(16-36)44-30/h7,17,19-31,36-42H,8-16H2,1-6H3. The van der Waals surface area contributed by atoms with Gasteiger partial charge in [-0.05, 0) is 87.4 Å². The largest absolute Gasteiger partial charge is 0.394 e. The fraction of sp³-hybridized carbons (Fsp3) is 0.943. The Hall–Kier alpha value is -0.700. The number of allylic oxidation sites excluding steroid dienone is 1. The van der Waals surface area contributed by atoms with Gasteiger partial charge in [-0.1, -0.05) is 32.4 Å². The predicted molar refractivity (Wildman–Crippen MR) is 166 cm³/mol. The van der Waals surface area contributed by atoms with Gasteiger partial charge in [-0.2, -0.15) is 0 Å². The Kier molecular flexibility index (Phi) is 9.37. The predicted octanol–water partition coefficient (Wildman–Crippen LogP) is 1.62. The average molecular weight is 655 g/mol. The summed E-state index contributed by atoms with van der Waals surface area (Å²) >= 11 is 0. The number of hydrogen-bond acceptors (Lipinski definition) is 11. The minimum Gasteiger partial charge on any atom is -0.394 e. The first-order valence-electron chi connectivity index (χ1n) is 17.5. The third kappa shape index (κ3) is 5.18. The summed E-state index contributed by atoms with van der Waals surface area (Å²) in [5.74, 6) is 1.75. The summed E-state index contributed by atoms with van der Waals surface area (Å²) in [6.45, 7) is 9.66. The smallest absolute Gasteiger partial charge is 0.192 e. The SMILES string of the molecule is COC1(C)CC(C(C)C2CCC3C4CC=C5CC(O)CC(O)C5(C)C4CCC23C)OC(OC2OC(CO)C(O)C(O)C2O)C1(C)O.